The largest absolute Gasteiger partial charge is 0.375 e. The fraction of sp³-hybridized carbons (Fsp3) is 0.500. The van der Waals surface area contributed by atoms with Crippen molar-refractivity contribution in [1.29, 1.82) is 0 Å². The molecular weight excluding hydrogens is 236 g/mol. The van der Waals surface area contributed by atoms with Crippen LogP contribution in [0.1, 0.15) is 43.8 Å². The van der Waals surface area contributed by atoms with Gasteiger partial charge in [0.05, 0.1) is 12.1 Å². The normalized spacial score (nSPS) is 14.0. The molecule has 2 unspecified atom stereocenters. The Morgan fingerprint density at radius 1 is 1.26 bits per heavy atom. The smallest absolute Gasteiger partial charge is 0.0987 e. The SMILES string of the molecule is C=CCCCCCC(NN)C(OC)c1ccccc1. The predicted molar refractivity (Wildman–Crippen MR) is 80.6 cm³/mol. The van der Waals surface area contributed by atoms with Gasteiger partial charge in [-0.1, -0.05) is 49.2 Å². The summed E-state index contributed by atoms with van der Waals surface area (Å²) in [5.74, 6) is 5.68. The first-order valence-electron chi connectivity index (χ1n) is 6.98. The van der Waals surface area contributed by atoms with E-state index >= 15 is 0 Å². The van der Waals surface area contributed by atoms with Gasteiger partial charge in [-0.05, 0) is 24.8 Å². The molecule has 0 heterocycles. The molecule has 3 N–H and O–H groups in total. The molecule has 0 aliphatic rings. The van der Waals surface area contributed by atoms with Crippen LogP contribution in [-0.4, -0.2) is 13.2 Å². The molecule has 2 atom stereocenters. The summed E-state index contributed by atoms with van der Waals surface area (Å²) < 4.78 is 5.61. The molecule has 0 fully saturated rings. The Labute approximate surface area is 116 Å². The van der Waals surface area contributed by atoms with E-state index in [2.05, 4.69) is 24.1 Å². The number of unbranched alkanes of at least 4 members (excludes halogenated alkanes) is 3. The molecule has 0 aliphatic heterocycles. The van der Waals surface area contributed by atoms with Crippen molar-refractivity contribution < 1.29 is 4.74 Å². The lowest BCUT2D eigenvalue weighted by Gasteiger charge is -2.25. The molecule has 106 valence electrons. The van der Waals surface area contributed by atoms with Gasteiger partial charge in [0.2, 0.25) is 0 Å². The molecule has 0 saturated carbocycles. The molecule has 0 spiro atoms. The van der Waals surface area contributed by atoms with Crippen molar-refractivity contribution in [3.05, 3.63) is 48.6 Å². The van der Waals surface area contributed by atoms with Crippen LogP contribution in [0.3, 0.4) is 0 Å². The first-order valence-corrected chi connectivity index (χ1v) is 6.98. The molecule has 0 aliphatic carbocycles. The Morgan fingerprint density at radius 2 is 2.00 bits per heavy atom. The van der Waals surface area contributed by atoms with E-state index in [1.54, 1.807) is 7.11 Å². The Bertz CT molecular complexity index is 340. The Morgan fingerprint density at radius 3 is 2.58 bits per heavy atom. The first-order chi connectivity index (χ1) is 9.33. The van der Waals surface area contributed by atoms with E-state index in [0.717, 1.165) is 19.3 Å². The van der Waals surface area contributed by atoms with E-state index in [4.69, 9.17) is 10.6 Å². The number of hydrazine groups is 1. The van der Waals surface area contributed by atoms with Gasteiger partial charge in [-0.2, -0.15) is 0 Å². The lowest BCUT2D eigenvalue weighted by Crippen LogP contribution is -2.40. The maximum absolute atomic E-state index is 5.68. The maximum Gasteiger partial charge on any atom is 0.0987 e. The second-order valence-electron chi connectivity index (χ2n) is 4.77. The molecule has 1 aromatic carbocycles. The van der Waals surface area contributed by atoms with Crippen LogP contribution in [0.5, 0.6) is 0 Å². The fourth-order valence-corrected chi connectivity index (χ4v) is 2.33. The highest BCUT2D eigenvalue weighted by atomic mass is 16.5. The third-order valence-corrected chi connectivity index (χ3v) is 3.38. The maximum atomic E-state index is 5.68. The van der Waals surface area contributed by atoms with Crippen molar-refractivity contribution >= 4 is 0 Å². The topological polar surface area (TPSA) is 47.3 Å². The minimum Gasteiger partial charge on any atom is -0.375 e. The van der Waals surface area contributed by atoms with Gasteiger partial charge >= 0.3 is 0 Å². The molecule has 1 aromatic rings. The molecule has 1 rings (SSSR count). The Kier molecular flexibility index (Phi) is 8.14. The summed E-state index contributed by atoms with van der Waals surface area (Å²) in [6.07, 6.45) is 7.63. The quantitative estimate of drug-likeness (QED) is 0.294. The lowest BCUT2D eigenvalue weighted by molar-refractivity contribution is 0.0640. The number of hydrogen-bond acceptors (Lipinski definition) is 3. The number of rotatable bonds is 10. The number of allylic oxidation sites excluding steroid dienone is 1. The van der Waals surface area contributed by atoms with E-state index in [-0.39, 0.29) is 12.1 Å². The van der Waals surface area contributed by atoms with Gasteiger partial charge < -0.3 is 4.74 Å². The van der Waals surface area contributed by atoms with E-state index < -0.39 is 0 Å². The van der Waals surface area contributed by atoms with Crippen molar-refractivity contribution in [2.24, 2.45) is 5.84 Å². The standard InChI is InChI=1S/C16H26N2O/c1-3-4-5-6-10-13-15(18-17)16(19-2)14-11-8-7-9-12-14/h3,7-9,11-12,15-16,18H,1,4-6,10,13,17H2,2H3. The minimum absolute atomic E-state index is 0.00519. The van der Waals surface area contributed by atoms with Crippen LogP contribution in [0.25, 0.3) is 0 Å². The molecule has 3 nitrogen and oxygen atoms in total. The average Bonchev–Trinajstić information content (AvgIpc) is 2.47. The molecule has 0 radical (unpaired) electrons. The second-order valence-corrected chi connectivity index (χ2v) is 4.77. The average molecular weight is 262 g/mol. The second kappa shape index (κ2) is 9.73. The van der Waals surface area contributed by atoms with Gasteiger partial charge in [-0.3, -0.25) is 11.3 Å². The monoisotopic (exact) mass is 262 g/mol. The zero-order chi connectivity index (χ0) is 13.9. The number of nitrogens with one attached hydrogen (secondary N) is 1. The van der Waals surface area contributed by atoms with Crippen molar-refractivity contribution in [3.63, 3.8) is 0 Å². The summed E-state index contributed by atoms with van der Waals surface area (Å²) in [5.41, 5.74) is 4.06. The number of hydrogen-bond donors (Lipinski definition) is 2. The Balaban J connectivity index is 2.49. The highest BCUT2D eigenvalue weighted by Crippen LogP contribution is 2.23. The number of ether oxygens (including phenoxy) is 1. The highest BCUT2D eigenvalue weighted by Gasteiger charge is 2.21. The third-order valence-electron chi connectivity index (χ3n) is 3.38. The molecule has 0 saturated heterocycles. The fourth-order valence-electron chi connectivity index (χ4n) is 2.33. The third kappa shape index (κ3) is 5.55. The van der Waals surface area contributed by atoms with Gasteiger partial charge in [-0.25, -0.2) is 0 Å². The molecule has 0 amide bonds. The van der Waals surface area contributed by atoms with Crippen LogP contribution in [0.2, 0.25) is 0 Å². The zero-order valence-corrected chi connectivity index (χ0v) is 11.8. The lowest BCUT2D eigenvalue weighted by atomic mass is 9.97. The summed E-state index contributed by atoms with van der Waals surface area (Å²) in [6.45, 7) is 3.74. The van der Waals surface area contributed by atoms with Gasteiger partial charge in [0.25, 0.3) is 0 Å². The van der Waals surface area contributed by atoms with E-state index in [0.29, 0.717) is 0 Å². The molecule has 3 heteroatoms. The number of nitrogens with two attached hydrogens (primary N) is 1. The summed E-state index contributed by atoms with van der Waals surface area (Å²) >= 11 is 0. The van der Waals surface area contributed by atoms with Crippen molar-refractivity contribution in [2.45, 2.75) is 44.2 Å². The Hall–Kier alpha value is -1.16. The van der Waals surface area contributed by atoms with Gasteiger partial charge in [0, 0.05) is 7.11 Å². The summed E-state index contributed by atoms with van der Waals surface area (Å²) in [5, 5.41) is 0. The van der Waals surface area contributed by atoms with Crippen LogP contribution >= 0.6 is 0 Å². The summed E-state index contributed by atoms with van der Waals surface area (Å²) in [7, 11) is 1.74. The van der Waals surface area contributed by atoms with E-state index in [1.165, 1.54) is 18.4 Å². The summed E-state index contributed by atoms with van der Waals surface area (Å²) in [6, 6.07) is 10.4. The van der Waals surface area contributed by atoms with Crippen LogP contribution < -0.4 is 11.3 Å². The van der Waals surface area contributed by atoms with E-state index in [9.17, 15) is 0 Å². The molecular formula is C16H26N2O. The highest BCUT2D eigenvalue weighted by molar-refractivity contribution is 5.19. The predicted octanol–water partition coefficient (Wildman–Crippen LogP) is 3.34. The van der Waals surface area contributed by atoms with Crippen LogP contribution in [0, 0.1) is 0 Å². The van der Waals surface area contributed by atoms with Crippen LogP contribution in [0.15, 0.2) is 43.0 Å². The van der Waals surface area contributed by atoms with Crippen molar-refractivity contribution in [1.82, 2.24) is 5.43 Å². The minimum atomic E-state index is 0.00519. The molecule has 19 heavy (non-hydrogen) atoms. The van der Waals surface area contributed by atoms with Gasteiger partial charge in [-0.15, -0.1) is 6.58 Å². The molecule has 0 aromatic heterocycles. The first kappa shape index (κ1) is 15.9. The van der Waals surface area contributed by atoms with Crippen LogP contribution in [0.4, 0.5) is 0 Å². The number of benzene rings is 1. The van der Waals surface area contributed by atoms with Gasteiger partial charge in [0.15, 0.2) is 0 Å². The van der Waals surface area contributed by atoms with Gasteiger partial charge in [0.1, 0.15) is 0 Å². The van der Waals surface area contributed by atoms with Crippen molar-refractivity contribution in [2.75, 3.05) is 7.11 Å². The van der Waals surface area contributed by atoms with Crippen molar-refractivity contribution in [3.8, 4) is 0 Å². The zero-order valence-electron chi connectivity index (χ0n) is 11.8. The van der Waals surface area contributed by atoms with E-state index in [1.807, 2.05) is 24.3 Å². The summed E-state index contributed by atoms with van der Waals surface area (Å²) in [4.78, 5) is 0. The number of methoxy groups -OCH3 is 1. The molecule has 0 bridgehead atoms. The van der Waals surface area contributed by atoms with Crippen LogP contribution in [-0.2, 0) is 4.74 Å².